The Morgan fingerprint density at radius 1 is 1.31 bits per heavy atom. The highest BCUT2D eigenvalue weighted by molar-refractivity contribution is 7.07. The van der Waals surface area contributed by atoms with Crippen LogP contribution in [0.25, 0.3) is 0 Å². The molecule has 2 fully saturated rings. The maximum atomic E-state index is 12.5. The average Bonchev–Trinajstić information content (AvgIpc) is 3.40. The van der Waals surface area contributed by atoms with Gasteiger partial charge in [0.15, 0.2) is 0 Å². The van der Waals surface area contributed by atoms with Gasteiger partial charge in [-0.15, -0.1) is 0 Å². The zero-order valence-electron chi connectivity index (χ0n) is 14.6. The van der Waals surface area contributed by atoms with Crippen LogP contribution in [0, 0.1) is 0 Å². The topological polar surface area (TPSA) is 70.6 Å². The molecule has 1 N–H and O–H groups in total. The van der Waals surface area contributed by atoms with Crippen molar-refractivity contribution in [3.63, 3.8) is 0 Å². The molecule has 0 radical (unpaired) electrons. The number of carbonyl (C=O) groups excluding carboxylic acids is 1. The minimum Gasteiger partial charge on any atom is -0.368 e. The Hall–Kier alpha value is -2.19. The van der Waals surface area contributed by atoms with E-state index in [9.17, 15) is 4.79 Å². The molecule has 0 spiro atoms. The van der Waals surface area contributed by atoms with Gasteiger partial charge in [0.05, 0.1) is 18.8 Å². The lowest BCUT2D eigenvalue weighted by molar-refractivity contribution is -0.0176. The molecule has 138 valence electrons. The Labute approximate surface area is 157 Å². The molecule has 0 aromatic carbocycles. The van der Waals surface area contributed by atoms with Crippen LogP contribution in [0.2, 0.25) is 0 Å². The number of ether oxygens (including phenoxy) is 1. The van der Waals surface area contributed by atoms with Crippen molar-refractivity contribution >= 4 is 23.3 Å². The number of hydrogen-bond donors (Lipinski definition) is 1. The highest BCUT2D eigenvalue weighted by Gasteiger charge is 2.27. The molecule has 2 aliphatic rings. The van der Waals surface area contributed by atoms with Crippen molar-refractivity contribution in [3.05, 3.63) is 40.3 Å². The fourth-order valence-electron chi connectivity index (χ4n) is 3.31. The van der Waals surface area contributed by atoms with Crippen LogP contribution in [0.4, 0.5) is 10.7 Å². The van der Waals surface area contributed by atoms with Crippen LogP contribution in [0.15, 0.2) is 29.1 Å². The number of nitrogens with zero attached hydrogens (tertiary/aromatic N) is 4. The standard InChI is InChI=1S/C18H23N5O2S/c24-18(20-11-14-4-10-26-13-14)23-8-9-25-16(12-23)15-3-5-19-17(21-15)22-6-1-2-7-22/h3-5,10,13,16H,1-2,6-9,11-12H2,(H,20,24)/t16-/m1/s1. The van der Waals surface area contributed by atoms with Gasteiger partial charge in [0, 0.05) is 32.4 Å². The molecule has 4 rings (SSSR count). The summed E-state index contributed by atoms with van der Waals surface area (Å²) in [7, 11) is 0. The van der Waals surface area contributed by atoms with Crippen LogP contribution >= 0.6 is 11.3 Å². The Morgan fingerprint density at radius 2 is 2.19 bits per heavy atom. The van der Waals surface area contributed by atoms with Gasteiger partial charge in [-0.1, -0.05) is 0 Å². The molecular formula is C18H23N5O2S. The highest BCUT2D eigenvalue weighted by atomic mass is 32.1. The fourth-order valence-corrected chi connectivity index (χ4v) is 3.97. The Bertz CT molecular complexity index is 733. The largest absolute Gasteiger partial charge is 0.368 e. The fraction of sp³-hybridized carbons (Fsp3) is 0.500. The number of hydrogen-bond acceptors (Lipinski definition) is 6. The minimum atomic E-state index is -0.208. The van der Waals surface area contributed by atoms with E-state index in [1.807, 2.05) is 22.9 Å². The van der Waals surface area contributed by atoms with E-state index in [1.165, 1.54) is 12.8 Å². The molecule has 7 nitrogen and oxygen atoms in total. The maximum Gasteiger partial charge on any atom is 0.317 e. The van der Waals surface area contributed by atoms with Crippen LogP contribution < -0.4 is 10.2 Å². The quantitative estimate of drug-likeness (QED) is 0.891. The third-order valence-electron chi connectivity index (χ3n) is 4.76. The van der Waals surface area contributed by atoms with Gasteiger partial charge in [-0.2, -0.15) is 11.3 Å². The summed E-state index contributed by atoms with van der Waals surface area (Å²) in [5.41, 5.74) is 1.97. The van der Waals surface area contributed by atoms with Crippen molar-refractivity contribution in [1.29, 1.82) is 0 Å². The van der Waals surface area contributed by atoms with E-state index in [2.05, 4.69) is 15.2 Å². The number of rotatable bonds is 4. The summed E-state index contributed by atoms with van der Waals surface area (Å²) in [6.45, 7) is 4.18. The molecule has 0 unspecified atom stereocenters. The molecule has 2 aromatic rings. The van der Waals surface area contributed by atoms with E-state index in [1.54, 1.807) is 22.4 Å². The lowest BCUT2D eigenvalue weighted by Crippen LogP contribution is -2.47. The number of amides is 2. The van der Waals surface area contributed by atoms with E-state index in [0.29, 0.717) is 26.2 Å². The van der Waals surface area contributed by atoms with Gasteiger partial charge in [0.25, 0.3) is 0 Å². The zero-order chi connectivity index (χ0) is 17.8. The van der Waals surface area contributed by atoms with Gasteiger partial charge in [-0.25, -0.2) is 14.8 Å². The first-order chi connectivity index (χ1) is 12.8. The molecule has 26 heavy (non-hydrogen) atoms. The van der Waals surface area contributed by atoms with Crippen LogP contribution in [0.1, 0.15) is 30.2 Å². The number of thiophene rings is 1. The maximum absolute atomic E-state index is 12.5. The molecule has 4 heterocycles. The van der Waals surface area contributed by atoms with Gasteiger partial charge in [-0.3, -0.25) is 0 Å². The van der Waals surface area contributed by atoms with E-state index in [4.69, 9.17) is 9.72 Å². The van der Waals surface area contributed by atoms with Crippen LogP contribution in [-0.4, -0.2) is 53.7 Å². The Morgan fingerprint density at radius 3 is 3.00 bits per heavy atom. The molecule has 8 heteroatoms. The number of carbonyl (C=O) groups is 1. The van der Waals surface area contributed by atoms with E-state index < -0.39 is 0 Å². The second-order valence-corrected chi connectivity index (χ2v) is 7.35. The molecule has 2 aromatic heterocycles. The summed E-state index contributed by atoms with van der Waals surface area (Å²) in [6, 6.07) is 3.85. The number of aromatic nitrogens is 2. The third kappa shape index (κ3) is 3.96. The molecule has 2 saturated heterocycles. The van der Waals surface area contributed by atoms with Crippen molar-refractivity contribution in [1.82, 2.24) is 20.2 Å². The van der Waals surface area contributed by atoms with Crippen molar-refractivity contribution in [2.75, 3.05) is 37.7 Å². The number of morpholine rings is 1. The first kappa shape index (κ1) is 17.2. The lowest BCUT2D eigenvalue weighted by atomic mass is 10.2. The Kier molecular flexibility index (Phi) is 5.31. The smallest absolute Gasteiger partial charge is 0.317 e. The SMILES string of the molecule is O=C(NCc1ccsc1)N1CCO[C@@H](c2ccnc(N3CCCC3)n2)C1. The first-order valence-corrected chi connectivity index (χ1v) is 9.97. The minimum absolute atomic E-state index is 0.0571. The second kappa shape index (κ2) is 8.01. The summed E-state index contributed by atoms with van der Waals surface area (Å²) < 4.78 is 5.88. The lowest BCUT2D eigenvalue weighted by Gasteiger charge is -2.32. The summed E-state index contributed by atoms with van der Waals surface area (Å²) in [6.07, 6.45) is 3.95. The summed E-state index contributed by atoms with van der Waals surface area (Å²) in [5, 5.41) is 7.04. The van der Waals surface area contributed by atoms with Crippen molar-refractivity contribution in [3.8, 4) is 0 Å². The highest BCUT2D eigenvalue weighted by Crippen LogP contribution is 2.23. The van der Waals surface area contributed by atoms with Crippen LogP contribution in [0.3, 0.4) is 0 Å². The molecule has 0 bridgehead atoms. The summed E-state index contributed by atoms with van der Waals surface area (Å²) >= 11 is 1.63. The average molecular weight is 373 g/mol. The molecule has 1 atom stereocenters. The zero-order valence-corrected chi connectivity index (χ0v) is 15.5. The van der Waals surface area contributed by atoms with Crippen molar-refractivity contribution < 1.29 is 9.53 Å². The molecule has 2 amide bonds. The normalized spacial score (nSPS) is 20.4. The molecule has 0 aliphatic carbocycles. The second-order valence-electron chi connectivity index (χ2n) is 6.57. The van der Waals surface area contributed by atoms with Crippen LogP contribution in [-0.2, 0) is 11.3 Å². The number of nitrogens with one attached hydrogen (secondary N) is 1. The van der Waals surface area contributed by atoms with Gasteiger partial charge >= 0.3 is 6.03 Å². The molecule has 0 saturated carbocycles. The van der Waals surface area contributed by atoms with E-state index in [-0.39, 0.29) is 12.1 Å². The van der Waals surface area contributed by atoms with E-state index in [0.717, 1.165) is 30.3 Å². The summed E-state index contributed by atoms with van der Waals surface area (Å²) in [4.78, 5) is 25.6. The van der Waals surface area contributed by atoms with Crippen molar-refractivity contribution in [2.45, 2.75) is 25.5 Å². The predicted molar refractivity (Wildman–Crippen MR) is 100 cm³/mol. The summed E-state index contributed by atoms with van der Waals surface area (Å²) in [5.74, 6) is 0.766. The van der Waals surface area contributed by atoms with Crippen LogP contribution in [0.5, 0.6) is 0 Å². The van der Waals surface area contributed by atoms with E-state index >= 15 is 0 Å². The first-order valence-electron chi connectivity index (χ1n) is 9.03. The van der Waals surface area contributed by atoms with Crippen molar-refractivity contribution in [2.24, 2.45) is 0 Å². The Balaban J connectivity index is 1.38. The number of urea groups is 1. The van der Waals surface area contributed by atoms with Gasteiger partial charge in [-0.05, 0) is 41.3 Å². The number of anilines is 1. The van der Waals surface area contributed by atoms with Gasteiger partial charge < -0.3 is 19.9 Å². The monoisotopic (exact) mass is 373 g/mol. The molecule has 2 aliphatic heterocycles. The van der Waals surface area contributed by atoms with Gasteiger partial charge in [0.2, 0.25) is 5.95 Å². The predicted octanol–water partition coefficient (Wildman–Crippen LogP) is 2.42. The third-order valence-corrected chi connectivity index (χ3v) is 5.49. The van der Waals surface area contributed by atoms with Gasteiger partial charge in [0.1, 0.15) is 6.10 Å². The molecular weight excluding hydrogens is 350 g/mol.